The predicted octanol–water partition coefficient (Wildman–Crippen LogP) is 1.30. The lowest BCUT2D eigenvalue weighted by Crippen LogP contribution is -2.57. The van der Waals surface area contributed by atoms with E-state index in [1.165, 1.54) is 0 Å². The van der Waals surface area contributed by atoms with E-state index in [0.717, 1.165) is 6.42 Å². The zero-order chi connectivity index (χ0) is 12.7. The first kappa shape index (κ1) is 13.8. The molecule has 96 valence electrons. The van der Waals surface area contributed by atoms with Crippen LogP contribution in [0.2, 0.25) is 0 Å². The normalized spacial score (nSPS) is 28.4. The lowest BCUT2D eigenvalue weighted by Gasteiger charge is -2.38. The monoisotopic (exact) mass is 242 g/mol. The molecule has 0 aromatic carbocycles. The molecule has 0 saturated carbocycles. The van der Waals surface area contributed by atoms with Crippen molar-refractivity contribution in [2.75, 3.05) is 19.7 Å². The Labute approximate surface area is 99.8 Å². The smallest absolute Gasteiger partial charge is 0.324 e. The Morgan fingerprint density at radius 2 is 2.53 bits per heavy atom. The van der Waals surface area contributed by atoms with Gasteiger partial charge in [0.2, 0.25) is 0 Å². The predicted molar refractivity (Wildman–Crippen MR) is 61.6 cm³/mol. The van der Waals surface area contributed by atoms with E-state index < -0.39 is 11.5 Å². The Morgan fingerprint density at radius 3 is 3.12 bits per heavy atom. The van der Waals surface area contributed by atoms with Crippen molar-refractivity contribution in [2.45, 2.75) is 37.8 Å². The van der Waals surface area contributed by atoms with Crippen molar-refractivity contribution in [3.05, 3.63) is 10.4 Å². The lowest BCUT2D eigenvalue weighted by atomic mass is 9.85. The number of carboxylic acid groups (broad SMARTS) is 1. The number of aliphatic carboxylic acids is 1. The molecule has 0 aromatic rings. The molecule has 0 aromatic heterocycles. The second-order valence-corrected chi connectivity index (χ2v) is 4.12. The van der Waals surface area contributed by atoms with Gasteiger partial charge in [0.05, 0.1) is 6.10 Å². The molecule has 0 spiro atoms. The Kier molecular flexibility index (Phi) is 5.21. The molecule has 17 heavy (non-hydrogen) atoms. The summed E-state index contributed by atoms with van der Waals surface area (Å²) in [6.45, 7) is 3.04. The largest absolute Gasteiger partial charge is 0.480 e. The molecule has 1 saturated heterocycles. The molecule has 0 radical (unpaired) electrons. The van der Waals surface area contributed by atoms with Gasteiger partial charge in [-0.25, -0.2) is 0 Å². The molecule has 1 aliphatic rings. The van der Waals surface area contributed by atoms with Crippen molar-refractivity contribution >= 4 is 5.97 Å². The van der Waals surface area contributed by atoms with Gasteiger partial charge in [-0.05, 0) is 18.4 Å². The van der Waals surface area contributed by atoms with Crippen LogP contribution in [-0.4, -0.2) is 42.4 Å². The van der Waals surface area contributed by atoms with Crippen molar-refractivity contribution in [3.63, 3.8) is 0 Å². The number of nitrogens with zero attached hydrogens (tertiary/aromatic N) is 3. The number of rotatable bonds is 6. The van der Waals surface area contributed by atoms with Crippen LogP contribution >= 0.6 is 0 Å². The third kappa shape index (κ3) is 3.59. The number of carbonyl (C=O) groups is 1. The van der Waals surface area contributed by atoms with E-state index in [1.807, 2.05) is 6.92 Å². The molecule has 1 rings (SSSR count). The third-order valence-corrected chi connectivity index (χ3v) is 3.06. The summed E-state index contributed by atoms with van der Waals surface area (Å²) >= 11 is 0. The number of hydrogen-bond donors (Lipinski definition) is 2. The van der Waals surface area contributed by atoms with Crippen molar-refractivity contribution in [1.29, 1.82) is 0 Å². The van der Waals surface area contributed by atoms with Crippen molar-refractivity contribution < 1.29 is 14.6 Å². The van der Waals surface area contributed by atoms with E-state index in [0.29, 0.717) is 26.0 Å². The van der Waals surface area contributed by atoms with Crippen LogP contribution in [0.4, 0.5) is 0 Å². The summed E-state index contributed by atoms with van der Waals surface area (Å²) in [6, 6.07) is 0. The summed E-state index contributed by atoms with van der Waals surface area (Å²) < 4.78 is 5.47. The van der Waals surface area contributed by atoms with Gasteiger partial charge in [0.15, 0.2) is 0 Å². The fraction of sp³-hybridized carbons (Fsp3) is 0.900. The highest BCUT2D eigenvalue weighted by atomic mass is 16.5. The van der Waals surface area contributed by atoms with Gasteiger partial charge in [-0.1, -0.05) is 12.0 Å². The van der Waals surface area contributed by atoms with Crippen LogP contribution in [0.1, 0.15) is 26.2 Å². The number of azide groups is 1. The average Bonchev–Trinajstić information content (AvgIpc) is 2.35. The van der Waals surface area contributed by atoms with E-state index in [2.05, 4.69) is 15.3 Å². The maximum Gasteiger partial charge on any atom is 0.324 e. The molecule has 2 atom stereocenters. The molecule has 0 bridgehead atoms. The molecule has 1 fully saturated rings. The van der Waals surface area contributed by atoms with E-state index in [1.54, 1.807) is 0 Å². The highest BCUT2D eigenvalue weighted by Crippen LogP contribution is 2.26. The molecule has 7 heteroatoms. The van der Waals surface area contributed by atoms with Crippen molar-refractivity contribution in [1.82, 2.24) is 5.32 Å². The van der Waals surface area contributed by atoms with Gasteiger partial charge in [-0.3, -0.25) is 4.79 Å². The van der Waals surface area contributed by atoms with Crippen LogP contribution in [0.5, 0.6) is 0 Å². The second-order valence-electron chi connectivity index (χ2n) is 4.12. The molecular weight excluding hydrogens is 224 g/mol. The summed E-state index contributed by atoms with van der Waals surface area (Å²) in [5.41, 5.74) is 7.21. The summed E-state index contributed by atoms with van der Waals surface area (Å²) in [6.07, 6.45) is 1.67. The standard InChI is InChI=1S/C10H18N4O3/c1-2-8-7-10(9(15)16,3-6-17-8)12-4-5-13-14-11/h8,12H,2-7H2,1H3,(H,15,16). The lowest BCUT2D eigenvalue weighted by molar-refractivity contribution is -0.152. The van der Waals surface area contributed by atoms with Gasteiger partial charge in [-0.15, -0.1) is 0 Å². The number of ether oxygens (including phenoxy) is 1. The van der Waals surface area contributed by atoms with E-state index in [-0.39, 0.29) is 12.6 Å². The third-order valence-electron chi connectivity index (χ3n) is 3.06. The molecule has 1 heterocycles. The quantitative estimate of drug-likeness (QED) is 0.317. The molecular formula is C10H18N4O3. The van der Waals surface area contributed by atoms with E-state index in [4.69, 9.17) is 10.3 Å². The Morgan fingerprint density at radius 1 is 1.76 bits per heavy atom. The van der Waals surface area contributed by atoms with Crippen LogP contribution < -0.4 is 5.32 Å². The van der Waals surface area contributed by atoms with Crippen LogP contribution in [-0.2, 0) is 9.53 Å². The fourth-order valence-corrected chi connectivity index (χ4v) is 2.03. The summed E-state index contributed by atoms with van der Waals surface area (Å²) in [5.74, 6) is -0.861. The Bertz CT molecular complexity index is 317. The number of nitrogens with one attached hydrogen (secondary N) is 1. The van der Waals surface area contributed by atoms with Gasteiger partial charge in [-0.2, -0.15) is 0 Å². The first-order chi connectivity index (χ1) is 8.14. The van der Waals surface area contributed by atoms with Crippen molar-refractivity contribution in [3.8, 4) is 0 Å². The molecule has 2 N–H and O–H groups in total. The average molecular weight is 242 g/mol. The zero-order valence-corrected chi connectivity index (χ0v) is 9.93. The van der Waals surface area contributed by atoms with Crippen LogP contribution in [0.15, 0.2) is 5.11 Å². The zero-order valence-electron chi connectivity index (χ0n) is 9.93. The summed E-state index contributed by atoms with van der Waals surface area (Å²) in [4.78, 5) is 14.0. The molecule has 0 amide bonds. The van der Waals surface area contributed by atoms with Gasteiger partial charge in [0.25, 0.3) is 0 Å². The van der Waals surface area contributed by atoms with Gasteiger partial charge >= 0.3 is 5.97 Å². The Hall–Kier alpha value is -1.30. The maximum absolute atomic E-state index is 11.4. The van der Waals surface area contributed by atoms with Gasteiger partial charge in [0.1, 0.15) is 5.54 Å². The molecule has 2 unspecified atom stereocenters. The molecule has 7 nitrogen and oxygen atoms in total. The number of carboxylic acids is 1. The maximum atomic E-state index is 11.4. The summed E-state index contributed by atoms with van der Waals surface area (Å²) in [5, 5.41) is 15.7. The highest BCUT2D eigenvalue weighted by molar-refractivity contribution is 5.79. The van der Waals surface area contributed by atoms with Crippen molar-refractivity contribution in [2.24, 2.45) is 5.11 Å². The Balaban J connectivity index is 2.61. The fourth-order valence-electron chi connectivity index (χ4n) is 2.03. The first-order valence-electron chi connectivity index (χ1n) is 5.75. The minimum atomic E-state index is -0.941. The van der Waals surface area contributed by atoms with E-state index in [9.17, 15) is 9.90 Å². The first-order valence-corrected chi connectivity index (χ1v) is 5.75. The van der Waals surface area contributed by atoms with Gasteiger partial charge < -0.3 is 15.2 Å². The van der Waals surface area contributed by atoms with Crippen LogP contribution in [0, 0.1) is 0 Å². The van der Waals surface area contributed by atoms with Gasteiger partial charge in [0, 0.05) is 31.0 Å². The summed E-state index contributed by atoms with van der Waals surface area (Å²) in [7, 11) is 0. The van der Waals surface area contributed by atoms with Crippen LogP contribution in [0.25, 0.3) is 10.4 Å². The molecule has 1 aliphatic heterocycles. The number of hydrogen-bond acceptors (Lipinski definition) is 4. The van der Waals surface area contributed by atoms with E-state index >= 15 is 0 Å². The van der Waals surface area contributed by atoms with Crippen LogP contribution in [0.3, 0.4) is 0 Å². The molecule has 0 aliphatic carbocycles. The SMILES string of the molecule is CCC1CC(NCCN=[N+]=[N-])(C(=O)O)CCO1. The minimum Gasteiger partial charge on any atom is -0.480 e. The highest BCUT2D eigenvalue weighted by Gasteiger charge is 2.42. The minimum absolute atomic E-state index is 0.0215. The topological polar surface area (TPSA) is 107 Å². The second kappa shape index (κ2) is 6.44.